The van der Waals surface area contributed by atoms with Gasteiger partial charge in [0.1, 0.15) is 0 Å². The summed E-state index contributed by atoms with van der Waals surface area (Å²) in [4.78, 5) is 2.70. The lowest BCUT2D eigenvalue weighted by molar-refractivity contribution is 0.209. The molecule has 0 unspecified atom stereocenters. The summed E-state index contributed by atoms with van der Waals surface area (Å²) in [5.41, 5.74) is 0.816. The summed E-state index contributed by atoms with van der Waals surface area (Å²) in [7, 11) is 0. The number of fused-ring (bicyclic) bond motifs is 1. The van der Waals surface area contributed by atoms with Crippen LogP contribution in [0, 0.1) is 5.41 Å². The van der Waals surface area contributed by atoms with Crippen molar-refractivity contribution >= 4 is 0 Å². The Morgan fingerprint density at radius 1 is 1.36 bits per heavy atom. The fourth-order valence-electron chi connectivity index (χ4n) is 2.75. The summed E-state index contributed by atoms with van der Waals surface area (Å²) in [6, 6.07) is 0.895. The smallest absolute Gasteiger partial charge is 0.0227 e. The van der Waals surface area contributed by atoms with Gasteiger partial charge in [-0.2, -0.15) is 0 Å². The zero-order chi connectivity index (χ0) is 7.31. The summed E-state index contributed by atoms with van der Waals surface area (Å²) >= 11 is 0. The highest BCUT2D eigenvalue weighted by Gasteiger charge is 2.51. The Bertz CT molecular complexity index is 158. The first kappa shape index (κ1) is 6.44. The van der Waals surface area contributed by atoms with Crippen LogP contribution >= 0.6 is 0 Å². The van der Waals surface area contributed by atoms with Crippen LogP contribution in [-0.2, 0) is 0 Å². The van der Waals surface area contributed by atoms with E-state index in [4.69, 9.17) is 0 Å². The van der Waals surface area contributed by atoms with Crippen molar-refractivity contribution in [2.75, 3.05) is 26.2 Å². The standard InChI is InChI=1S/C9H16N2/c1-2-9(1)5-8-6-10-3-4-11(8)7-9/h8,10H,1-7H2/t8-/m0/s1. The van der Waals surface area contributed by atoms with E-state index in [9.17, 15) is 0 Å². The van der Waals surface area contributed by atoms with Gasteiger partial charge in [0.15, 0.2) is 0 Å². The van der Waals surface area contributed by atoms with Crippen LogP contribution in [0.2, 0.25) is 0 Å². The number of hydrogen-bond acceptors (Lipinski definition) is 2. The molecule has 0 aromatic carbocycles. The fourth-order valence-corrected chi connectivity index (χ4v) is 2.75. The molecule has 2 heterocycles. The average Bonchev–Trinajstić information content (AvgIpc) is 2.66. The molecule has 1 N–H and O–H groups in total. The zero-order valence-corrected chi connectivity index (χ0v) is 6.97. The summed E-state index contributed by atoms with van der Waals surface area (Å²) in [5.74, 6) is 0. The van der Waals surface area contributed by atoms with Gasteiger partial charge in [-0.3, -0.25) is 4.90 Å². The highest BCUT2D eigenvalue weighted by atomic mass is 15.3. The van der Waals surface area contributed by atoms with E-state index >= 15 is 0 Å². The second-order valence-corrected chi connectivity index (χ2v) is 4.53. The summed E-state index contributed by atoms with van der Waals surface area (Å²) < 4.78 is 0. The molecule has 1 atom stereocenters. The van der Waals surface area contributed by atoms with E-state index in [1.807, 2.05) is 0 Å². The second kappa shape index (κ2) is 1.99. The number of nitrogens with zero attached hydrogens (tertiary/aromatic N) is 1. The third-order valence-corrected chi connectivity index (χ3v) is 3.64. The van der Waals surface area contributed by atoms with Gasteiger partial charge in [0.25, 0.3) is 0 Å². The number of hydrogen-bond donors (Lipinski definition) is 1. The number of nitrogens with one attached hydrogen (secondary N) is 1. The zero-order valence-electron chi connectivity index (χ0n) is 6.97. The lowest BCUT2D eigenvalue weighted by Gasteiger charge is -2.29. The predicted molar refractivity (Wildman–Crippen MR) is 44.5 cm³/mol. The van der Waals surface area contributed by atoms with Gasteiger partial charge in [-0.05, 0) is 24.7 Å². The van der Waals surface area contributed by atoms with Crippen molar-refractivity contribution in [2.45, 2.75) is 25.3 Å². The Kier molecular flexibility index (Phi) is 1.16. The van der Waals surface area contributed by atoms with E-state index in [1.165, 1.54) is 45.4 Å². The van der Waals surface area contributed by atoms with Crippen molar-refractivity contribution in [3.63, 3.8) is 0 Å². The minimum atomic E-state index is 0.816. The van der Waals surface area contributed by atoms with Crippen LogP contribution in [0.1, 0.15) is 19.3 Å². The molecular formula is C9H16N2. The minimum Gasteiger partial charge on any atom is -0.314 e. The maximum atomic E-state index is 3.48. The van der Waals surface area contributed by atoms with E-state index in [2.05, 4.69) is 10.2 Å². The van der Waals surface area contributed by atoms with E-state index < -0.39 is 0 Å². The molecule has 0 amide bonds. The van der Waals surface area contributed by atoms with Gasteiger partial charge >= 0.3 is 0 Å². The van der Waals surface area contributed by atoms with E-state index in [1.54, 1.807) is 0 Å². The largest absolute Gasteiger partial charge is 0.314 e. The van der Waals surface area contributed by atoms with Gasteiger partial charge in [0.2, 0.25) is 0 Å². The third kappa shape index (κ3) is 0.926. The SMILES string of the molecule is C1CN2CC3(CC3)C[C@H]2CN1. The molecule has 1 saturated carbocycles. The van der Waals surface area contributed by atoms with E-state index in [0.29, 0.717) is 0 Å². The molecular weight excluding hydrogens is 136 g/mol. The van der Waals surface area contributed by atoms with Gasteiger partial charge in [-0.25, -0.2) is 0 Å². The summed E-state index contributed by atoms with van der Waals surface area (Å²) in [5, 5.41) is 3.48. The Labute approximate surface area is 68.0 Å². The molecule has 3 aliphatic rings. The molecule has 2 nitrogen and oxygen atoms in total. The first-order valence-corrected chi connectivity index (χ1v) is 4.83. The molecule has 1 spiro atoms. The first-order chi connectivity index (χ1) is 5.38. The maximum absolute atomic E-state index is 3.48. The van der Waals surface area contributed by atoms with Gasteiger partial charge in [0, 0.05) is 32.2 Å². The molecule has 0 aromatic rings. The Hall–Kier alpha value is -0.0800. The topological polar surface area (TPSA) is 15.3 Å². The highest BCUT2D eigenvalue weighted by Crippen LogP contribution is 2.54. The molecule has 0 radical (unpaired) electrons. The maximum Gasteiger partial charge on any atom is 0.0227 e. The highest BCUT2D eigenvalue weighted by molar-refractivity contribution is 5.05. The van der Waals surface area contributed by atoms with Crippen LogP contribution in [0.4, 0.5) is 0 Å². The average molecular weight is 152 g/mol. The van der Waals surface area contributed by atoms with Crippen LogP contribution in [0.5, 0.6) is 0 Å². The van der Waals surface area contributed by atoms with Crippen LogP contribution in [0.25, 0.3) is 0 Å². The predicted octanol–water partition coefficient (Wildman–Crippen LogP) is 0.444. The van der Waals surface area contributed by atoms with Crippen LogP contribution in [0.15, 0.2) is 0 Å². The minimum absolute atomic E-state index is 0.816. The van der Waals surface area contributed by atoms with Crippen molar-refractivity contribution in [3.05, 3.63) is 0 Å². The van der Waals surface area contributed by atoms with Crippen LogP contribution in [0.3, 0.4) is 0 Å². The third-order valence-electron chi connectivity index (χ3n) is 3.64. The van der Waals surface area contributed by atoms with Crippen molar-refractivity contribution in [3.8, 4) is 0 Å². The Morgan fingerprint density at radius 3 is 3.00 bits per heavy atom. The number of rotatable bonds is 0. The molecule has 3 fully saturated rings. The Balaban J connectivity index is 1.77. The second-order valence-electron chi connectivity index (χ2n) is 4.53. The van der Waals surface area contributed by atoms with Crippen molar-refractivity contribution < 1.29 is 0 Å². The van der Waals surface area contributed by atoms with Crippen molar-refractivity contribution in [1.29, 1.82) is 0 Å². The van der Waals surface area contributed by atoms with Gasteiger partial charge < -0.3 is 5.32 Å². The monoisotopic (exact) mass is 152 g/mol. The normalized spacial score (nSPS) is 40.9. The summed E-state index contributed by atoms with van der Waals surface area (Å²) in [6.45, 7) is 5.18. The van der Waals surface area contributed by atoms with Gasteiger partial charge in [0.05, 0.1) is 0 Å². The lowest BCUT2D eigenvalue weighted by Crippen LogP contribution is -2.47. The van der Waals surface area contributed by atoms with E-state index in [0.717, 1.165) is 11.5 Å². The van der Waals surface area contributed by atoms with Crippen LogP contribution in [-0.4, -0.2) is 37.1 Å². The molecule has 2 aliphatic heterocycles. The van der Waals surface area contributed by atoms with Crippen molar-refractivity contribution in [2.24, 2.45) is 5.41 Å². The molecule has 2 saturated heterocycles. The van der Waals surface area contributed by atoms with Gasteiger partial charge in [-0.1, -0.05) is 0 Å². The van der Waals surface area contributed by atoms with Gasteiger partial charge in [-0.15, -0.1) is 0 Å². The quantitative estimate of drug-likeness (QED) is 0.542. The molecule has 62 valence electrons. The van der Waals surface area contributed by atoms with Crippen LogP contribution < -0.4 is 5.32 Å². The van der Waals surface area contributed by atoms with E-state index in [-0.39, 0.29) is 0 Å². The molecule has 11 heavy (non-hydrogen) atoms. The molecule has 0 bridgehead atoms. The van der Waals surface area contributed by atoms with Crippen molar-refractivity contribution in [1.82, 2.24) is 10.2 Å². The molecule has 1 aliphatic carbocycles. The number of piperazine rings is 1. The lowest BCUT2D eigenvalue weighted by atomic mass is 10.0. The molecule has 0 aromatic heterocycles. The molecule has 2 heteroatoms. The first-order valence-electron chi connectivity index (χ1n) is 4.83. The molecule has 3 rings (SSSR count). The fraction of sp³-hybridized carbons (Fsp3) is 1.00. The Morgan fingerprint density at radius 2 is 2.27 bits per heavy atom. The summed E-state index contributed by atoms with van der Waals surface area (Å²) in [6.07, 6.45) is 4.51.